The van der Waals surface area contributed by atoms with Crippen LogP contribution in [0.5, 0.6) is 0 Å². The number of hydrogen-bond acceptors (Lipinski definition) is 6. The lowest BCUT2D eigenvalue weighted by atomic mass is 9.49. The van der Waals surface area contributed by atoms with Crippen LogP contribution in [0.25, 0.3) is 44.5 Å². The van der Waals surface area contributed by atoms with Gasteiger partial charge in [-0.2, -0.15) is 0 Å². The molecule has 3 aliphatic heterocycles. The van der Waals surface area contributed by atoms with Crippen LogP contribution >= 0.6 is 15.9 Å². The molecule has 6 aromatic carbocycles. The molecule has 0 unspecified atom stereocenters. The SMILES string of the molecule is CC1(C)OB(B2OC(C)(C)C(C)(C)O2)OC1(C)C.CC1(C)c2ccccc2-c2ccc(-c3cccc(B4OC(C)(C)C(C)(C)O4)c3)cc21.CC1(C)c2ccccc2-c2ccc(-c3cccc(Br)c3)cc21. The van der Waals surface area contributed by atoms with E-state index in [1.807, 2.05) is 55.4 Å². The first-order valence-electron chi connectivity index (χ1n) is 25.0. The monoisotopic (exact) mass is 998 g/mol. The lowest BCUT2D eigenvalue weighted by Gasteiger charge is -2.32. The van der Waals surface area contributed by atoms with Crippen molar-refractivity contribution in [1.82, 2.24) is 0 Å². The minimum atomic E-state index is -0.476. The van der Waals surface area contributed by atoms with E-state index in [2.05, 4.69) is 205 Å². The van der Waals surface area contributed by atoms with Gasteiger partial charge in [0.1, 0.15) is 0 Å². The van der Waals surface area contributed by atoms with Crippen molar-refractivity contribution in [3.8, 4) is 44.5 Å². The van der Waals surface area contributed by atoms with Crippen LogP contribution in [-0.2, 0) is 38.8 Å². The standard InChI is InChI=1S/C27H29BO2.C21H17Br.C12H24B2O4/c1-25(2)23-13-8-7-12-21(23)22-15-14-19(17-24(22)25)18-10-9-11-20(16-18)28-29-26(3,4)27(5,6)30-28;1-21(2)19-9-4-3-8-17(19)18-11-10-15(13-20(18)21)14-6-5-7-16(22)12-14;1-9(2)10(3,4)16-13(15-9)14-17-11(5,6)12(7,8)18-14/h7-17H,1-6H3;3-13H,1-2H3;1-8H3. The molecule has 0 spiro atoms. The van der Waals surface area contributed by atoms with E-state index in [1.165, 1.54) is 66.8 Å². The Kier molecular flexibility index (Phi) is 12.6. The summed E-state index contributed by atoms with van der Waals surface area (Å²) in [7, 11) is -1.29. The van der Waals surface area contributed by atoms with Crippen LogP contribution in [0.4, 0.5) is 0 Å². The van der Waals surface area contributed by atoms with Gasteiger partial charge in [-0.25, -0.2) is 0 Å². The molecular weight excluding hydrogens is 929 g/mol. The maximum Gasteiger partial charge on any atom is 0.494 e. The summed E-state index contributed by atoms with van der Waals surface area (Å²) in [4.78, 5) is 0. The zero-order valence-corrected chi connectivity index (χ0v) is 45.8. The highest BCUT2D eigenvalue weighted by Crippen LogP contribution is 2.51. The molecule has 0 aromatic heterocycles. The lowest BCUT2D eigenvalue weighted by Crippen LogP contribution is -2.41. The van der Waals surface area contributed by atoms with Gasteiger partial charge >= 0.3 is 21.1 Å². The highest BCUT2D eigenvalue weighted by Gasteiger charge is 2.64. The molecule has 70 heavy (non-hydrogen) atoms. The van der Waals surface area contributed by atoms with Gasteiger partial charge in [0.2, 0.25) is 0 Å². The largest absolute Gasteiger partial charge is 0.494 e. The van der Waals surface area contributed by atoms with Gasteiger partial charge in [0, 0.05) is 15.3 Å². The van der Waals surface area contributed by atoms with Crippen LogP contribution in [-0.4, -0.2) is 54.7 Å². The minimum absolute atomic E-state index is 0.00523. The fraction of sp³-hybridized carbons (Fsp3) is 0.400. The summed E-state index contributed by atoms with van der Waals surface area (Å²) in [6.07, 6.45) is 0. The van der Waals surface area contributed by atoms with Crippen molar-refractivity contribution in [3.05, 3.63) is 160 Å². The zero-order chi connectivity index (χ0) is 50.6. The van der Waals surface area contributed by atoms with Gasteiger partial charge in [0.25, 0.3) is 0 Å². The van der Waals surface area contributed by atoms with Crippen molar-refractivity contribution >= 4 is 42.5 Å². The Labute approximate surface area is 428 Å². The van der Waals surface area contributed by atoms with Gasteiger partial charge in [-0.05, 0) is 180 Å². The van der Waals surface area contributed by atoms with Crippen LogP contribution < -0.4 is 5.46 Å². The predicted molar refractivity (Wildman–Crippen MR) is 294 cm³/mol. The lowest BCUT2D eigenvalue weighted by molar-refractivity contribution is 0.00578. The summed E-state index contributed by atoms with van der Waals surface area (Å²) in [6, 6.07) is 48.4. The van der Waals surface area contributed by atoms with E-state index < -0.39 is 14.0 Å². The number of fused-ring (bicyclic) bond motifs is 6. The zero-order valence-electron chi connectivity index (χ0n) is 44.3. The molecule has 6 nitrogen and oxygen atoms in total. The molecule has 0 radical (unpaired) electrons. The van der Waals surface area contributed by atoms with E-state index in [1.54, 1.807) is 0 Å². The van der Waals surface area contributed by atoms with Crippen molar-refractivity contribution in [1.29, 1.82) is 0 Å². The van der Waals surface area contributed by atoms with Crippen molar-refractivity contribution in [2.24, 2.45) is 0 Å². The summed E-state index contributed by atoms with van der Waals surface area (Å²) in [5.41, 5.74) is 15.1. The molecule has 5 aliphatic rings. The minimum Gasteiger partial charge on any atom is -0.405 e. The average Bonchev–Trinajstić information content (AvgIpc) is 3.93. The summed E-state index contributed by atoms with van der Waals surface area (Å²) >= 11 is 3.57. The van der Waals surface area contributed by atoms with Gasteiger partial charge in [-0.1, -0.05) is 153 Å². The molecule has 0 atom stereocenters. The molecule has 11 rings (SSSR count). The van der Waals surface area contributed by atoms with Gasteiger partial charge in [0.05, 0.1) is 33.6 Å². The quantitative estimate of drug-likeness (QED) is 0.164. The number of hydrogen-bond donors (Lipinski definition) is 0. The van der Waals surface area contributed by atoms with Crippen LogP contribution in [0, 0.1) is 0 Å². The molecule has 2 aliphatic carbocycles. The molecule has 0 bridgehead atoms. The van der Waals surface area contributed by atoms with Crippen LogP contribution in [0.3, 0.4) is 0 Å². The Hall–Kier alpha value is -4.25. The first-order chi connectivity index (χ1) is 32.6. The molecule has 3 heterocycles. The number of halogens is 1. The molecule has 6 aromatic rings. The third-order valence-corrected chi connectivity index (χ3v) is 17.3. The summed E-state index contributed by atoms with van der Waals surface area (Å²) in [5, 5.41) is 0. The molecular formula is C60H70B3BrO6. The molecule has 362 valence electrons. The van der Waals surface area contributed by atoms with Crippen LogP contribution in [0.2, 0.25) is 0 Å². The van der Waals surface area contributed by atoms with E-state index in [4.69, 9.17) is 27.9 Å². The maximum atomic E-state index is 6.27. The third kappa shape index (κ3) is 8.82. The summed E-state index contributed by atoms with van der Waals surface area (Å²) in [6.45, 7) is 33.9. The van der Waals surface area contributed by atoms with Gasteiger partial charge in [-0.15, -0.1) is 0 Å². The van der Waals surface area contributed by atoms with Crippen LogP contribution in [0.15, 0.2) is 138 Å². The van der Waals surface area contributed by atoms with E-state index in [0.717, 1.165) is 9.94 Å². The fourth-order valence-electron chi connectivity index (χ4n) is 10.3. The molecule has 0 N–H and O–H groups in total. The summed E-state index contributed by atoms with van der Waals surface area (Å²) < 4.78 is 37.5. The van der Waals surface area contributed by atoms with E-state index in [9.17, 15) is 0 Å². The second-order valence-electron chi connectivity index (χ2n) is 23.8. The predicted octanol–water partition coefficient (Wildman–Crippen LogP) is 14.6. The smallest absolute Gasteiger partial charge is 0.405 e. The van der Waals surface area contributed by atoms with Crippen molar-refractivity contribution < 1.29 is 27.9 Å². The van der Waals surface area contributed by atoms with Gasteiger partial charge in [-0.3, -0.25) is 0 Å². The van der Waals surface area contributed by atoms with E-state index in [0.29, 0.717) is 0 Å². The second kappa shape index (κ2) is 17.5. The highest BCUT2D eigenvalue weighted by molar-refractivity contribution is 9.10. The fourth-order valence-corrected chi connectivity index (χ4v) is 10.7. The second-order valence-corrected chi connectivity index (χ2v) is 24.8. The first-order valence-corrected chi connectivity index (χ1v) is 25.8. The molecule has 0 amide bonds. The maximum absolute atomic E-state index is 6.27. The number of benzene rings is 6. The first kappa shape index (κ1) is 50.7. The summed E-state index contributed by atoms with van der Waals surface area (Å²) in [5.74, 6) is 0. The molecule has 3 fully saturated rings. The normalized spacial score (nSPS) is 21.4. The van der Waals surface area contributed by atoms with Crippen molar-refractivity contribution in [2.75, 3.05) is 0 Å². The van der Waals surface area contributed by atoms with Gasteiger partial charge in [0.15, 0.2) is 0 Å². The van der Waals surface area contributed by atoms with E-state index >= 15 is 0 Å². The molecule has 10 heteroatoms. The Morgan fingerprint density at radius 2 is 0.657 bits per heavy atom. The number of rotatable bonds is 4. The van der Waals surface area contributed by atoms with Crippen molar-refractivity contribution in [2.45, 2.75) is 155 Å². The molecule has 0 saturated carbocycles. The Morgan fingerprint density at radius 3 is 1.07 bits per heavy atom. The topological polar surface area (TPSA) is 55.4 Å². The highest BCUT2D eigenvalue weighted by atomic mass is 79.9. The Balaban J connectivity index is 0.000000135. The van der Waals surface area contributed by atoms with E-state index in [-0.39, 0.29) is 51.6 Å². The molecule has 3 saturated heterocycles. The third-order valence-electron chi connectivity index (χ3n) is 16.8. The van der Waals surface area contributed by atoms with Crippen molar-refractivity contribution in [3.63, 3.8) is 0 Å². The Morgan fingerprint density at radius 1 is 0.314 bits per heavy atom. The van der Waals surface area contributed by atoms with Crippen LogP contribution in [0.1, 0.15) is 133 Å². The Bertz CT molecular complexity index is 2890. The average molecular weight is 1000 g/mol. The van der Waals surface area contributed by atoms with Gasteiger partial charge < -0.3 is 27.9 Å².